The van der Waals surface area contributed by atoms with E-state index in [-0.39, 0.29) is 58.5 Å². The topological polar surface area (TPSA) is 130 Å². The van der Waals surface area contributed by atoms with Gasteiger partial charge in [-0.05, 0) is 32.3 Å². The summed E-state index contributed by atoms with van der Waals surface area (Å²) in [6, 6.07) is 1.50. The predicted octanol–water partition coefficient (Wildman–Crippen LogP) is 4.12. The molecule has 1 spiro atoms. The third kappa shape index (κ3) is 3.66. The van der Waals surface area contributed by atoms with Crippen LogP contribution in [0.3, 0.4) is 0 Å². The Hall–Kier alpha value is -2.95. The largest absolute Gasteiger partial charge is 0.507 e. The number of nitrogens with zero attached hydrogens (tertiary/aromatic N) is 2. The van der Waals surface area contributed by atoms with Crippen LogP contribution in [0.5, 0.6) is 11.5 Å². The highest BCUT2D eigenvalue weighted by Crippen LogP contribution is 2.52. The molecule has 3 aliphatic rings. The average molecular weight is 491 g/mol. The van der Waals surface area contributed by atoms with E-state index in [4.69, 9.17) is 35.1 Å². The maximum Gasteiger partial charge on any atom is 0.259 e. The molecule has 1 aromatic carbocycles. The summed E-state index contributed by atoms with van der Waals surface area (Å²) in [6.07, 6.45) is 3.06. The molecule has 2 unspecified atom stereocenters. The molecule has 34 heavy (non-hydrogen) atoms. The van der Waals surface area contributed by atoms with E-state index in [0.29, 0.717) is 12.4 Å². The van der Waals surface area contributed by atoms with Gasteiger partial charge < -0.3 is 28.6 Å². The molecule has 180 valence electrons. The van der Waals surface area contributed by atoms with Crippen LogP contribution in [0.4, 0.5) is 0 Å². The number of ether oxygens (including phenoxy) is 4. The summed E-state index contributed by atoms with van der Waals surface area (Å²) in [5.41, 5.74) is -1.34. The molecular weight excluding hydrogens is 468 g/mol. The van der Waals surface area contributed by atoms with E-state index >= 15 is 0 Å². The van der Waals surface area contributed by atoms with Gasteiger partial charge in [0.25, 0.3) is 5.89 Å². The Morgan fingerprint density at radius 1 is 1.32 bits per heavy atom. The maximum absolute atomic E-state index is 13.3. The first-order valence-corrected chi connectivity index (χ1v) is 11.4. The summed E-state index contributed by atoms with van der Waals surface area (Å²) in [5.74, 6) is -0.704. The van der Waals surface area contributed by atoms with Crippen molar-refractivity contribution in [1.82, 2.24) is 10.1 Å². The quantitative estimate of drug-likeness (QED) is 0.652. The van der Waals surface area contributed by atoms with Gasteiger partial charge in [-0.15, -0.1) is 0 Å². The molecule has 0 bridgehead atoms. The number of carbonyl (C=O) groups excluding carboxylic acids is 2. The Morgan fingerprint density at radius 3 is 2.85 bits per heavy atom. The van der Waals surface area contributed by atoms with Gasteiger partial charge >= 0.3 is 0 Å². The zero-order chi connectivity index (χ0) is 24.0. The molecule has 3 atom stereocenters. The molecule has 11 heteroatoms. The predicted molar refractivity (Wildman–Crippen MR) is 117 cm³/mol. The van der Waals surface area contributed by atoms with E-state index in [1.54, 1.807) is 6.92 Å². The number of aromatic nitrogens is 2. The van der Waals surface area contributed by atoms with Gasteiger partial charge in [0.05, 0.1) is 17.7 Å². The van der Waals surface area contributed by atoms with Gasteiger partial charge in [0.2, 0.25) is 17.2 Å². The number of allylic oxidation sites excluding steroid dienone is 1. The van der Waals surface area contributed by atoms with Crippen LogP contribution in [0.15, 0.2) is 22.4 Å². The van der Waals surface area contributed by atoms with Gasteiger partial charge in [0, 0.05) is 25.5 Å². The van der Waals surface area contributed by atoms with E-state index in [2.05, 4.69) is 10.1 Å². The van der Waals surface area contributed by atoms with Gasteiger partial charge in [-0.3, -0.25) is 9.59 Å². The van der Waals surface area contributed by atoms with Crippen molar-refractivity contribution in [2.45, 2.75) is 57.0 Å². The van der Waals surface area contributed by atoms with Crippen LogP contribution in [-0.4, -0.2) is 52.4 Å². The highest BCUT2D eigenvalue weighted by molar-refractivity contribution is 6.36. The maximum atomic E-state index is 13.3. The smallest absolute Gasteiger partial charge is 0.259 e. The van der Waals surface area contributed by atoms with E-state index < -0.39 is 23.2 Å². The Bertz CT molecular complexity index is 1190. The first-order chi connectivity index (χ1) is 16.3. The van der Waals surface area contributed by atoms with Crippen LogP contribution in [-0.2, 0) is 14.3 Å². The fraction of sp³-hybridized carbons (Fsp3) is 0.478. The standard InChI is InChI=1S/C23H23ClN2O8/c1-11(32-16-5-3-4-8-31-16)21-25-22(34-26-21)13-10-14(30-2)17-19(18(13)24)33-23(20(17)29)7-6-12(27)9-15(23)28/h9-11,16,28H,3-8H2,1-2H3/t11?,16?,23-/m0/s1. The molecule has 1 aliphatic carbocycles. The van der Waals surface area contributed by atoms with E-state index in [0.717, 1.165) is 25.3 Å². The average Bonchev–Trinajstić information content (AvgIpc) is 3.43. The first-order valence-electron chi connectivity index (χ1n) is 11.0. The Balaban J connectivity index is 1.48. The minimum Gasteiger partial charge on any atom is -0.507 e. The molecular formula is C23H23ClN2O8. The highest BCUT2D eigenvalue weighted by atomic mass is 35.5. The summed E-state index contributed by atoms with van der Waals surface area (Å²) in [6.45, 7) is 2.45. The molecule has 2 aromatic rings. The van der Waals surface area contributed by atoms with E-state index in [9.17, 15) is 14.7 Å². The Labute approximate surface area is 199 Å². The van der Waals surface area contributed by atoms with Crippen molar-refractivity contribution in [2.24, 2.45) is 0 Å². The van der Waals surface area contributed by atoms with Crippen molar-refractivity contribution in [1.29, 1.82) is 0 Å². The van der Waals surface area contributed by atoms with Gasteiger partial charge in [0.1, 0.15) is 23.2 Å². The number of rotatable bonds is 5. The second-order valence-electron chi connectivity index (χ2n) is 8.43. The number of halogens is 1. The summed E-state index contributed by atoms with van der Waals surface area (Å²) in [4.78, 5) is 29.4. The number of aliphatic hydroxyl groups is 1. The number of methoxy groups -OCH3 is 1. The van der Waals surface area contributed by atoms with Crippen molar-refractivity contribution in [3.8, 4) is 23.0 Å². The second-order valence-corrected chi connectivity index (χ2v) is 8.81. The molecule has 3 heterocycles. The summed E-state index contributed by atoms with van der Waals surface area (Å²) in [5, 5.41) is 14.5. The SMILES string of the molecule is COc1cc(-c2nc(C(C)OC3CCCCO3)no2)c(Cl)c2c1C(=O)[C@@]1(CCC(=O)C=C1O)O2. The third-order valence-corrected chi connectivity index (χ3v) is 6.61. The van der Waals surface area contributed by atoms with Crippen molar-refractivity contribution < 1.29 is 38.2 Å². The normalized spacial score (nSPS) is 25.1. The first kappa shape index (κ1) is 22.8. The number of fused-ring (bicyclic) bond motifs is 1. The Kier molecular flexibility index (Phi) is 5.83. The molecule has 0 radical (unpaired) electrons. The molecule has 10 nitrogen and oxygen atoms in total. The number of carbonyl (C=O) groups is 2. The Morgan fingerprint density at radius 2 is 2.15 bits per heavy atom. The van der Waals surface area contributed by atoms with Crippen molar-refractivity contribution in [3.05, 3.63) is 34.3 Å². The third-order valence-electron chi connectivity index (χ3n) is 6.24. The fourth-order valence-electron chi connectivity index (χ4n) is 4.38. The lowest BCUT2D eigenvalue weighted by Crippen LogP contribution is -2.45. The van der Waals surface area contributed by atoms with Crippen LogP contribution in [0.25, 0.3) is 11.5 Å². The molecule has 1 aromatic heterocycles. The minimum absolute atomic E-state index is 0.0146. The summed E-state index contributed by atoms with van der Waals surface area (Å²) < 4.78 is 28.3. The number of ketones is 2. The fourth-order valence-corrected chi connectivity index (χ4v) is 4.65. The monoisotopic (exact) mass is 490 g/mol. The molecule has 5 rings (SSSR count). The van der Waals surface area contributed by atoms with Gasteiger partial charge in [0.15, 0.2) is 17.8 Å². The number of benzene rings is 1. The lowest BCUT2D eigenvalue weighted by Gasteiger charge is -2.28. The summed E-state index contributed by atoms with van der Waals surface area (Å²) >= 11 is 6.63. The zero-order valence-corrected chi connectivity index (χ0v) is 19.4. The van der Waals surface area contributed by atoms with Gasteiger partial charge in [-0.1, -0.05) is 16.8 Å². The van der Waals surface area contributed by atoms with Crippen molar-refractivity contribution in [3.63, 3.8) is 0 Å². The lowest BCUT2D eigenvalue weighted by molar-refractivity contribution is -0.187. The van der Waals surface area contributed by atoms with Gasteiger partial charge in [-0.25, -0.2) is 0 Å². The van der Waals surface area contributed by atoms with Crippen molar-refractivity contribution in [2.75, 3.05) is 13.7 Å². The lowest BCUT2D eigenvalue weighted by atomic mass is 9.83. The van der Waals surface area contributed by atoms with Crippen LogP contribution >= 0.6 is 11.6 Å². The zero-order valence-electron chi connectivity index (χ0n) is 18.6. The molecule has 1 saturated heterocycles. The molecule has 0 saturated carbocycles. The molecule has 0 amide bonds. The number of hydrogen-bond acceptors (Lipinski definition) is 10. The van der Waals surface area contributed by atoms with Crippen LogP contribution in [0.1, 0.15) is 61.3 Å². The molecule has 2 aliphatic heterocycles. The molecule has 1 N–H and O–H groups in total. The van der Waals surface area contributed by atoms with E-state index in [1.165, 1.54) is 13.2 Å². The number of Topliss-reactive ketones (excluding diaryl/α,β-unsaturated/α-hetero) is 1. The number of aliphatic hydroxyl groups excluding tert-OH is 1. The van der Waals surface area contributed by atoms with Crippen LogP contribution in [0, 0.1) is 0 Å². The van der Waals surface area contributed by atoms with Crippen LogP contribution in [0.2, 0.25) is 5.02 Å². The van der Waals surface area contributed by atoms with Crippen molar-refractivity contribution >= 4 is 23.2 Å². The van der Waals surface area contributed by atoms with Crippen LogP contribution < -0.4 is 9.47 Å². The molecule has 1 fully saturated rings. The van der Waals surface area contributed by atoms with Gasteiger partial charge in [-0.2, -0.15) is 4.98 Å². The highest BCUT2D eigenvalue weighted by Gasteiger charge is 2.55. The van der Waals surface area contributed by atoms with E-state index in [1.807, 2.05) is 0 Å². The summed E-state index contributed by atoms with van der Waals surface area (Å²) in [7, 11) is 1.39. The minimum atomic E-state index is -1.71. The number of hydrogen-bond donors (Lipinski definition) is 1. The second kappa shape index (κ2) is 8.68.